The Kier molecular flexibility index (Phi) is 5.74. The van der Waals surface area contributed by atoms with Crippen LogP contribution in [0.25, 0.3) is 17.8 Å². The second-order valence-electron chi connectivity index (χ2n) is 5.93. The van der Waals surface area contributed by atoms with Crippen molar-refractivity contribution in [2.24, 2.45) is 0 Å². The highest BCUT2D eigenvalue weighted by Crippen LogP contribution is 2.12. The van der Waals surface area contributed by atoms with Crippen LogP contribution >= 0.6 is 0 Å². The molecule has 0 radical (unpaired) electrons. The minimum absolute atomic E-state index is 0.164. The summed E-state index contributed by atoms with van der Waals surface area (Å²) in [6, 6.07) is 14.1. The van der Waals surface area contributed by atoms with Crippen LogP contribution in [0.2, 0.25) is 0 Å². The van der Waals surface area contributed by atoms with E-state index in [1.807, 2.05) is 35.0 Å². The molecule has 0 fully saturated rings. The lowest BCUT2D eigenvalue weighted by atomic mass is 10.1. The second kappa shape index (κ2) is 8.58. The molecule has 27 heavy (non-hydrogen) atoms. The van der Waals surface area contributed by atoms with Gasteiger partial charge in [0.25, 0.3) is 0 Å². The number of imidazole rings is 1. The number of allylic oxidation sites excluding steroid dienone is 2. The molecule has 3 rings (SSSR count). The highest BCUT2D eigenvalue weighted by Gasteiger charge is 2.03. The SMILES string of the molecule is O=C(C=Cc1ccc(O)cc1)CC(=O)C=Cc1ccc(-n2ccnc2)cc1. The fourth-order valence-electron chi connectivity index (χ4n) is 2.42. The van der Waals surface area contributed by atoms with E-state index in [0.29, 0.717) is 0 Å². The Bertz CT molecular complexity index is 967. The average Bonchev–Trinajstić information content (AvgIpc) is 3.21. The van der Waals surface area contributed by atoms with Crippen molar-refractivity contribution in [2.75, 3.05) is 0 Å². The number of phenols is 1. The smallest absolute Gasteiger partial charge is 0.163 e. The first-order valence-electron chi connectivity index (χ1n) is 8.39. The number of rotatable bonds is 7. The lowest BCUT2D eigenvalue weighted by Gasteiger charge is -2.01. The van der Waals surface area contributed by atoms with Crippen LogP contribution in [0.15, 0.2) is 79.4 Å². The van der Waals surface area contributed by atoms with E-state index in [1.54, 1.807) is 36.8 Å². The van der Waals surface area contributed by atoms with Crippen molar-refractivity contribution in [3.8, 4) is 11.4 Å². The minimum atomic E-state index is -0.270. The van der Waals surface area contributed by atoms with Crippen molar-refractivity contribution in [3.05, 3.63) is 90.5 Å². The summed E-state index contributed by atoms with van der Waals surface area (Å²) in [4.78, 5) is 27.8. The number of benzene rings is 2. The molecular weight excluding hydrogens is 340 g/mol. The van der Waals surface area contributed by atoms with Gasteiger partial charge in [0.1, 0.15) is 5.75 Å². The molecule has 2 aromatic carbocycles. The van der Waals surface area contributed by atoms with E-state index in [4.69, 9.17) is 0 Å². The number of aromatic nitrogens is 2. The van der Waals surface area contributed by atoms with E-state index >= 15 is 0 Å². The van der Waals surface area contributed by atoms with Gasteiger partial charge in [0.2, 0.25) is 0 Å². The summed E-state index contributed by atoms with van der Waals surface area (Å²) >= 11 is 0. The summed E-state index contributed by atoms with van der Waals surface area (Å²) in [6.07, 6.45) is 11.2. The molecule has 0 aliphatic heterocycles. The van der Waals surface area contributed by atoms with E-state index < -0.39 is 0 Å². The molecule has 0 unspecified atom stereocenters. The number of ketones is 2. The average molecular weight is 358 g/mol. The van der Waals surface area contributed by atoms with Crippen LogP contribution in [0.1, 0.15) is 17.5 Å². The van der Waals surface area contributed by atoms with Crippen LogP contribution in [-0.2, 0) is 9.59 Å². The summed E-state index contributed by atoms with van der Waals surface area (Å²) in [7, 11) is 0. The van der Waals surface area contributed by atoms with Crippen molar-refractivity contribution in [1.82, 2.24) is 9.55 Å². The monoisotopic (exact) mass is 358 g/mol. The summed E-state index contributed by atoms with van der Waals surface area (Å²) in [5.41, 5.74) is 2.63. The van der Waals surface area contributed by atoms with Crippen LogP contribution in [0, 0.1) is 0 Å². The van der Waals surface area contributed by atoms with Gasteiger partial charge in [-0.3, -0.25) is 9.59 Å². The molecule has 0 aliphatic carbocycles. The zero-order valence-electron chi connectivity index (χ0n) is 14.5. The van der Waals surface area contributed by atoms with Crippen molar-refractivity contribution >= 4 is 23.7 Å². The van der Waals surface area contributed by atoms with Crippen molar-refractivity contribution < 1.29 is 14.7 Å². The van der Waals surface area contributed by atoms with E-state index in [0.717, 1.165) is 16.8 Å². The highest BCUT2D eigenvalue weighted by atomic mass is 16.3. The fourth-order valence-corrected chi connectivity index (χ4v) is 2.42. The van der Waals surface area contributed by atoms with E-state index in [2.05, 4.69) is 4.98 Å². The van der Waals surface area contributed by atoms with E-state index in [9.17, 15) is 14.7 Å². The van der Waals surface area contributed by atoms with Crippen molar-refractivity contribution in [2.45, 2.75) is 6.42 Å². The first kappa shape index (κ1) is 18.1. The predicted molar refractivity (Wildman–Crippen MR) is 104 cm³/mol. The summed E-state index contributed by atoms with van der Waals surface area (Å²) < 4.78 is 1.89. The largest absolute Gasteiger partial charge is 0.508 e. The second-order valence-corrected chi connectivity index (χ2v) is 5.93. The number of aromatic hydroxyl groups is 1. The number of carbonyl (C=O) groups is 2. The van der Waals surface area contributed by atoms with Gasteiger partial charge in [-0.05, 0) is 47.5 Å². The number of carbonyl (C=O) groups excluding carboxylic acids is 2. The van der Waals surface area contributed by atoms with Gasteiger partial charge >= 0.3 is 0 Å². The Balaban J connectivity index is 1.53. The first-order valence-corrected chi connectivity index (χ1v) is 8.39. The lowest BCUT2D eigenvalue weighted by molar-refractivity contribution is -0.121. The molecule has 5 heteroatoms. The maximum atomic E-state index is 11.9. The molecule has 3 aromatic rings. The molecule has 5 nitrogen and oxygen atoms in total. The van der Waals surface area contributed by atoms with Crippen LogP contribution in [0.3, 0.4) is 0 Å². The molecule has 0 amide bonds. The topological polar surface area (TPSA) is 72.2 Å². The minimum Gasteiger partial charge on any atom is -0.508 e. The van der Waals surface area contributed by atoms with Crippen LogP contribution in [0.4, 0.5) is 0 Å². The van der Waals surface area contributed by atoms with Crippen LogP contribution in [0.5, 0.6) is 5.75 Å². The maximum Gasteiger partial charge on any atom is 0.163 e. The van der Waals surface area contributed by atoms with Gasteiger partial charge in [-0.1, -0.05) is 36.4 Å². The number of hydrogen-bond acceptors (Lipinski definition) is 4. The third-order valence-electron chi connectivity index (χ3n) is 3.86. The zero-order valence-corrected chi connectivity index (χ0v) is 14.5. The third kappa shape index (κ3) is 5.37. The van der Waals surface area contributed by atoms with Gasteiger partial charge in [-0.25, -0.2) is 4.98 Å². The first-order chi connectivity index (χ1) is 13.1. The Labute approximate surface area is 156 Å². The van der Waals surface area contributed by atoms with Crippen molar-refractivity contribution in [1.29, 1.82) is 0 Å². The van der Waals surface area contributed by atoms with Gasteiger partial charge in [0.15, 0.2) is 11.6 Å². The predicted octanol–water partition coefficient (Wildman–Crippen LogP) is 3.83. The summed E-state index contributed by atoms with van der Waals surface area (Å²) in [5, 5.41) is 9.22. The maximum absolute atomic E-state index is 11.9. The van der Waals surface area contributed by atoms with Gasteiger partial charge in [0.05, 0.1) is 12.7 Å². The zero-order chi connectivity index (χ0) is 19.1. The molecule has 1 heterocycles. The van der Waals surface area contributed by atoms with E-state index in [-0.39, 0.29) is 23.7 Å². The lowest BCUT2D eigenvalue weighted by Crippen LogP contribution is -2.01. The molecular formula is C22H18N2O3. The normalized spacial score (nSPS) is 11.3. The molecule has 1 N–H and O–H groups in total. The van der Waals surface area contributed by atoms with Gasteiger partial charge in [0, 0.05) is 18.1 Å². The quantitative estimate of drug-likeness (QED) is 0.515. The molecule has 134 valence electrons. The van der Waals surface area contributed by atoms with E-state index in [1.165, 1.54) is 24.3 Å². The molecule has 0 saturated heterocycles. The van der Waals surface area contributed by atoms with Gasteiger partial charge in [-0.15, -0.1) is 0 Å². The molecule has 0 atom stereocenters. The summed E-state index contributed by atoms with van der Waals surface area (Å²) in [6.45, 7) is 0. The number of nitrogens with zero attached hydrogens (tertiary/aromatic N) is 2. The number of phenolic OH excluding ortho intramolecular Hbond substituents is 1. The molecule has 0 bridgehead atoms. The molecule has 0 saturated carbocycles. The highest BCUT2D eigenvalue weighted by molar-refractivity contribution is 6.10. The van der Waals surface area contributed by atoms with Crippen molar-refractivity contribution in [3.63, 3.8) is 0 Å². The summed E-state index contributed by atoms with van der Waals surface area (Å²) in [5.74, 6) is -0.362. The third-order valence-corrected chi connectivity index (χ3v) is 3.86. The Morgan fingerprint density at radius 1 is 0.889 bits per heavy atom. The Morgan fingerprint density at radius 2 is 1.44 bits per heavy atom. The number of hydrogen-bond donors (Lipinski definition) is 1. The van der Waals surface area contributed by atoms with Crippen LogP contribution in [-0.4, -0.2) is 26.2 Å². The standard InChI is InChI=1S/C22H18N2O3/c25-20-9-3-18(4-10-20)6-12-22(27)15-21(26)11-5-17-1-7-19(8-2-17)24-14-13-23-16-24/h1-14,16,25H,15H2. The molecule has 1 aromatic heterocycles. The van der Waals surface area contributed by atoms with Gasteiger partial charge < -0.3 is 9.67 Å². The Hall–Kier alpha value is -3.73. The van der Waals surface area contributed by atoms with Crippen LogP contribution < -0.4 is 0 Å². The fraction of sp³-hybridized carbons (Fsp3) is 0.0455. The molecule has 0 spiro atoms. The Morgan fingerprint density at radius 3 is 1.96 bits per heavy atom. The molecule has 0 aliphatic rings. The van der Waals surface area contributed by atoms with Gasteiger partial charge in [-0.2, -0.15) is 0 Å².